The predicted molar refractivity (Wildman–Crippen MR) is 100 cm³/mol. The molecular formula is C20H30N2O5. The zero-order valence-corrected chi connectivity index (χ0v) is 16.3. The van der Waals surface area contributed by atoms with Crippen molar-refractivity contribution < 1.29 is 23.5 Å². The Morgan fingerprint density at radius 2 is 1.96 bits per heavy atom. The van der Waals surface area contributed by atoms with Crippen LogP contribution in [0.1, 0.15) is 56.3 Å². The highest BCUT2D eigenvalue weighted by molar-refractivity contribution is 5.94. The Morgan fingerprint density at radius 1 is 1.22 bits per heavy atom. The Morgan fingerprint density at radius 3 is 2.56 bits per heavy atom. The lowest BCUT2D eigenvalue weighted by Gasteiger charge is -2.31. The van der Waals surface area contributed by atoms with Gasteiger partial charge in [0.25, 0.3) is 5.91 Å². The molecule has 27 heavy (non-hydrogen) atoms. The van der Waals surface area contributed by atoms with Gasteiger partial charge in [-0.05, 0) is 32.3 Å². The van der Waals surface area contributed by atoms with Gasteiger partial charge in [-0.3, -0.25) is 14.4 Å². The van der Waals surface area contributed by atoms with Crippen LogP contribution in [0.4, 0.5) is 0 Å². The summed E-state index contributed by atoms with van der Waals surface area (Å²) in [4.78, 5) is 40.4. The lowest BCUT2D eigenvalue weighted by molar-refractivity contribution is -0.151. The predicted octanol–water partition coefficient (Wildman–Crippen LogP) is 2.71. The molecule has 0 saturated carbocycles. The van der Waals surface area contributed by atoms with E-state index in [2.05, 4.69) is 6.92 Å². The molecule has 0 bridgehead atoms. The van der Waals surface area contributed by atoms with Crippen LogP contribution in [0.15, 0.2) is 23.0 Å². The van der Waals surface area contributed by atoms with Crippen LogP contribution in [-0.4, -0.2) is 60.4 Å². The number of rotatable bonds is 9. The zero-order valence-electron chi connectivity index (χ0n) is 16.3. The number of ether oxygens (including phenoxy) is 1. The minimum Gasteiger partial charge on any atom is -0.472 e. The van der Waals surface area contributed by atoms with Gasteiger partial charge in [0.1, 0.15) is 6.26 Å². The number of carbonyl (C=O) groups excluding carboxylic acids is 3. The third-order valence-electron chi connectivity index (χ3n) is 4.90. The Balaban J connectivity index is 1.83. The molecule has 7 heteroatoms. The van der Waals surface area contributed by atoms with Crippen LogP contribution in [0.3, 0.4) is 0 Å². The van der Waals surface area contributed by atoms with Crippen LogP contribution in [0.2, 0.25) is 0 Å². The molecule has 0 spiro atoms. The highest BCUT2D eigenvalue weighted by atomic mass is 16.5. The summed E-state index contributed by atoms with van der Waals surface area (Å²) >= 11 is 0. The average Bonchev–Trinajstić information content (AvgIpc) is 3.22. The van der Waals surface area contributed by atoms with Gasteiger partial charge in [-0.1, -0.05) is 13.3 Å². The van der Waals surface area contributed by atoms with Crippen LogP contribution in [0, 0.1) is 5.92 Å². The van der Waals surface area contributed by atoms with Gasteiger partial charge in [0.05, 0.1) is 24.4 Å². The first kappa shape index (κ1) is 21.0. The Hall–Kier alpha value is -2.31. The highest BCUT2D eigenvalue weighted by Gasteiger charge is 2.28. The van der Waals surface area contributed by atoms with Crippen LogP contribution in [-0.2, 0) is 14.3 Å². The fourth-order valence-corrected chi connectivity index (χ4v) is 3.25. The van der Waals surface area contributed by atoms with E-state index >= 15 is 0 Å². The molecule has 1 aromatic rings. The molecule has 2 amide bonds. The summed E-state index contributed by atoms with van der Waals surface area (Å²) in [6.07, 6.45) is 6.34. The van der Waals surface area contributed by atoms with Gasteiger partial charge >= 0.3 is 5.97 Å². The van der Waals surface area contributed by atoms with Crippen LogP contribution >= 0.6 is 0 Å². The fourth-order valence-electron chi connectivity index (χ4n) is 3.25. The number of piperidine rings is 1. The molecule has 7 nitrogen and oxygen atoms in total. The van der Waals surface area contributed by atoms with Crippen molar-refractivity contribution in [2.75, 3.05) is 32.8 Å². The molecule has 0 aromatic carbocycles. The molecule has 0 unspecified atom stereocenters. The lowest BCUT2D eigenvalue weighted by Crippen LogP contribution is -2.42. The smallest absolute Gasteiger partial charge is 0.309 e. The zero-order chi connectivity index (χ0) is 19.6. The summed E-state index contributed by atoms with van der Waals surface area (Å²) in [5, 5.41) is 0. The number of hydrogen-bond acceptors (Lipinski definition) is 5. The number of amides is 2. The number of unbranched alkanes of at least 4 members (excludes halogenated alkanes) is 1. The van der Waals surface area contributed by atoms with E-state index < -0.39 is 0 Å². The summed E-state index contributed by atoms with van der Waals surface area (Å²) in [5.41, 5.74) is 0.508. The minimum atomic E-state index is -0.166. The molecule has 1 aromatic heterocycles. The molecule has 0 atom stereocenters. The van der Waals surface area contributed by atoms with Crippen molar-refractivity contribution in [3.8, 4) is 0 Å². The minimum absolute atomic E-state index is 0.0267. The second-order valence-corrected chi connectivity index (χ2v) is 6.81. The van der Waals surface area contributed by atoms with Gasteiger partial charge in [0.2, 0.25) is 5.91 Å². The molecule has 1 saturated heterocycles. The van der Waals surface area contributed by atoms with Crippen LogP contribution in [0.5, 0.6) is 0 Å². The number of carbonyl (C=O) groups is 3. The maximum atomic E-state index is 12.6. The molecule has 2 rings (SSSR count). The van der Waals surface area contributed by atoms with Crippen molar-refractivity contribution in [3.63, 3.8) is 0 Å². The lowest BCUT2D eigenvalue weighted by atomic mass is 9.97. The van der Waals surface area contributed by atoms with Crippen molar-refractivity contribution in [2.24, 2.45) is 5.92 Å². The second kappa shape index (κ2) is 10.7. The SMILES string of the molecule is CCCCN(CCC(=O)N1CCC(C(=O)OCC)CC1)C(=O)c1ccoc1. The van der Waals surface area contributed by atoms with E-state index in [1.54, 1.807) is 22.8 Å². The second-order valence-electron chi connectivity index (χ2n) is 6.81. The Labute approximate surface area is 160 Å². The number of furan rings is 1. The summed E-state index contributed by atoms with van der Waals surface area (Å²) < 4.78 is 10.1. The van der Waals surface area contributed by atoms with Crippen molar-refractivity contribution in [3.05, 3.63) is 24.2 Å². The first-order chi connectivity index (χ1) is 13.1. The summed E-state index contributed by atoms with van der Waals surface area (Å²) in [5.74, 6) is -0.358. The van der Waals surface area contributed by atoms with E-state index in [0.29, 0.717) is 51.2 Å². The maximum Gasteiger partial charge on any atom is 0.309 e. The van der Waals surface area contributed by atoms with Gasteiger partial charge < -0.3 is 19.0 Å². The van der Waals surface area contributed by atoms with E-state index in [9.17, 15) is 14.4 Å². The van der Waals surface area contributed by atoms with Crippen LogP contribution < -0.4 is 0 Å². The van der Waals surface area contributed by atoms with Crippen molar-refractivity contribution in [2.45, 2.75) is 46.0 Å². The Kier molecular flexibility index (Phi) is 8.36. The van der Waals surface area contributed by atoms with Gasteiger partial charge in [0.15, 0.2) is 0 Å². The maximum absolute atomic E-state index is 12.6. The number of hydrogen-bond donors (Lipinski definition) is 0. The standard InChI is InChI=1S/C20H30N2O5/c1-3-5-10-22(19(24)17-9-14-26-15-17)13-8-18(23)21-11-6-16(7-12-21)20(25)27-4-2/h9,14-16H,3-8,10-13H2,1-2H3. The summed E-state index contributed by atoms with van der Waals surface area (Å²) in [6.45, 7) is 6.39. The van der Waals surface area contributed by atoms with Gasteiger partial charge in [0, 0.05) is 32.6 Å². The molecule has 2 heterocycles. The molecular weight excluding hydrogens is 348 g/mol. The molecule has 1 aliphatic rings. The number of nitrogens with zero attached hydrogens (tertiary/aromatic N) is 2. The summed E-state index contributed by atoms with van der Waals surface area (Å²) in [6, 6.07) is 1.64. The first-order valence-corrected chi connectivity index (χ1v) is 9.82. The van der Waals surface area contributed by atoms with E-state index in [-0.39, 0.29) is 30.1 Å². The van der Waals surface area contributed by atoms with Crippen LogP contribution in [0.25, 0.3) is 0 Å². The van der Waals surface area contributed by atoms with Gasteiger partial charge in [-0.15, -0.1) is 0 Å². The normalized spacial score (nSPS) is 14.8. The third kappa shape index (κ3) is 6.12. The van der Waals surface area contributed by atoms with Gasteiger partial charge in [-0.2, -0.15) is 0 Å². The summed E-state index contributed by atoms with van der Waals surface area (Å²) in [7, 11) is 0. The molecule has 0 N–H and O–H groups in total. The monoisotopic (exact) mass is 378 g/mol. The van der Waals surface area contributed by atoms with Gasteiger partial charge in [-0.25, -0.2) is 0 Å². The van der Waals surface area contributed by atoms with Crippen molar-refractivity contribution in [1.82, 2.24) is 9.80 Å². The van der Waals surface area contributed by atoms with Crippen molar-refractivity contribution >= 4 is 17.8 Å². The van der Waals surface area contributed by atoms with E-state index in [1.165, 1.54) is 12.5 Å². The molecule has 1 aliphatic heterocycles. The third-order valence-corrected chi connectivity index (χ3v) is 4.90. The molecule has 0 aliphatic carbocycles. The quantitative estimate of drug-likeness (QED) is 0.617. The topological polar surface area (TPSA) is 80.1 Å². The average molecular weight is 378 g/mol. The number of likely N-dealkylation sites (tertiary alicyclic amines) is 1. The van der Waals surface area contributed by atoms with E-state index in [4.69, 9.17) is 9.15 Å². The largest absolute Gasteiger partial charge is 0.472 e. The van der Waals surface area contributed by atoms with E-state index in [0.717, 1.165) is 12.8 Å². The van der Waals surface area contributed by atoms with E-state index in [1.807, 2.05) is 0 Å². The Bertz CT molecular complexity index is 606. The molecule has 0 radical (unpaired) electrons. The van der Waals surface area contributed by atoms with Crippen molar-refractivity contribution in [1.29, 1.82) is 0 Å². The number of esters is 1. The first-order valence-electron chi connectivity index (χ1n) is 9.82. The fraction of sp³-hybridized carbons (Fsp3) is 0.650. The highest BCUT2D eigenvalue weighted by Crippen LogP contribution is 2.19. The molecule has 1 fully saturated rings. The molecule has 150 valence electrons.